The third kappa shape index (κ3) is 5.00. The van der Waals surface area contributed by atoms with Crippen LogP contribution < -0.4 is 9.62 Å². The van der Waals surface area contributed by atoms with Crippen LogP contribution in [0.2, 0.25) is 0 Å². The van der Waals surface area contributed by atoms with Crippen molar-refractivity contribution in [2.75, 3.05) is 45.7 Å². The molecule has 1 aromatic rings. The summed E-state index contributed by atoms with van der Waals surface area (Å²) in [4.78, 5) is 14.6. The van der Waals surface area contributed by atoms with Gasteiger partial charge in [0.05, 0.1) is 5.69 Å². The molecular formula is C13H21N3O4S. The lowest BCUT2D eigenvalue weighted by Crippen LogP contribution is -2.37. The second-order valence-corrected chi connectivity index (χ2v) is 6.65. The summed E-state index contributed by atoms with van der Waals surface area (Å²) < 4.78 is 26.4. The molecule has 0 aromatic heterocycles. The van der Waals surface area contributed by atoms with Crippen LogP contribution in [0.1, 0.15) is 0 Å². The van der Waals surface area contributed by atoms with Crippen LogP contribution >= 0.6 is 0 Å². The number of nitrogens with one attached hydrogen (secondary N) is 1. The van der Waals surface area contributed by atoms with Crippen LogP contribution in [0.3, 0.4) is 0 Å². The van der Waals surface area contributed by atoms with E-state index in [9.17, 15) is 13.2 Å². The first-order valence-electron chi connectivity index (χ1n) is 6.42. The van der Waals surface area contributed by atoms with Crippen molar-refractivity contribution >= 4 is 21.7 Å². The van der Waals surface area contributed by atoms with E-state index in [0.717, 1.165) is 0 Å². The summed E-state index contributed by atoms with van der Waals surface area (Å²) in [7, 11) is 1.42. The van der Waals surface area contributed by atoms with Crippen LogP contribution in [0.15, 0.2) is 29.2 Å². The maximum absolute atomic E-state index is 12.1. The van der Waals surface area contributed by atoms with Gasteiger partial charge in [-0.1, -0.05) is 12.1 Å². The van der Waals surface area contributed by atoms with Gasteiger partial charge in [-0.05, 0) is 33.3 Å². The zero-order valence-electron chi connectivity index (χ0n) is 12.4. The highest BCUT2D eigenvalue weighted by molar-refractivity contribution is 7.89. The summed E-state index contributed by atoms with van der Waals surface area (Å²) >= 11 is 0. The van der Waals surface area contributed by atoms with Crippen LogP contribution in [0.5, 0.6) is 0 Å². The van der Waals surface area contributed by atoms with Gasteiger partial charge in [0.25, 0.3) is 0 Å². The van der Waals surface area contributed by atoms with Crippen LogP contribution in [-0.2, 0) is 14.8 Å². The van der Waals surface area contributed by atoms with Crippen LogP contribution in [0.4, 0.5) is 5.69 Å². The van der Waals surface area contributed by atoms with E-state index >= 15 is 0 Å². The minimum atomic E-state index is -3.65. The number of hydrogen-bond donors (Lipinski definition) is 2. The van der Waals surface area contributed by atoms with Crippen molar-refractivity contribution in [1.29, 1.82) is 0 Å². The molecule has 118 valence electrons. The molecule has 8 heteroatoms. The van der Waals surface area contributed by atoms with Gasteiger partial charge in [0.15, 0.2) is 0 Å². The fourth-order valence-electron chi connectivity index (χ4n) is 1.82. The van der Waals surface area contributed by atoms with Gasteiger partial charge < -0.3 is 14.9 Å². The number of aliphatic carboxylic acids is 1. The van der Waals surface area contributed by atoms with Gasteiger partial charge in [0.1, 0.15) is 11.4 Å². The minimum Gasteiger partial charge on any atom is -0.480 e. The molecule has 0 heterocycles. The quantitative estimate of drug-likeness (QED) is 0.704. The highest BCUT2D eigenvalue weighted by Crippen LogP contribution is 2.24. The lowest BCUT2D eigenvalue weighted by atomic mass is 10.2. The third-order valence-electron chi connectivity index (χ3n) is 2.91. The second kappa shape index (κ2) is 7.39. The Labute approximate surface area is 125 Å². The van der Waals surface area contributed by atoms with Gasteiger partial charge in [-0.3, -0.25) is 4.79 Å². The number of para-hydroxylation sites is 1. The summed E-state index contributed by atoms with van der Waals surface area (Å²) in [6.45, 7) is 0.765. The molecule has 1 rings (SSSR count). The molecule has 0 saturated heterocycles. The predicted molar refractivity (Wildman–Crippen MR) is 81.1 cm³/mol. The van der Waals surface area contributed by atoms with Gasteiger partial charge in [0.2, 0.25) is 10.0 Å². The van der Waals surface area contributed by atoms with Gasteiger partial charge in [-0.2, -0.15) is 0 Å². The number of carboxylic acid groups (broad SMARTS) is 1. The van der Waals surface area contributed by atoms with Gasteiger partial charge in [-0.25, -0.2) is 13.1 Å². The van der Waals surface area contributed by atoms with E-state index in [0.29, 0.717) is 18.8 Å². The fourth-order valence-corrected chi connectivity index (χ4v) is 2.77. The molecule has 0 bridgehead atoms. The van der Waals surface area contributed by atoms with E-state index in [-0.39, 0.29) is 11.4 Å². The summed E-state index contributed by atoms with van der Waals surface area (Å²) in [6, 6.07) is 6.38. The standard InChI is InChI=1S/C13H21N3O4S/c1-14-21(19,20)12-7-5-4-6-11(12)16(10-13(17)18)9-8-15(2)3/h4-7,14H,8-10H2,1-3H3,(H,17,18). The molecule has 0 aliphatic heterocycles. The normalized spacial score (nSPS) is 11.6. The monoisotopic (exact) mass is 315 g/mol. The molecule has 0 fully saturated rings. The molecule has 1 aromatic carbocycles. The maximum atomic E-state index is 12.1. The smallest absolute Gasteiger partial charge is 0.323 e. The Morgan fingerprint density at radius 2 is 1.86 bits per heavy atom. The van der Waals surface area contributed by atoms with Crippen molar-refractivity contribution in [3.8, 4) is 0 Å². The highest BCUT2D eigenvalue weighted by atomic mass is 32.2. The first-order valence-corrected chi connectivity index (χ1v) is 7.90. The van der Waals surface area contributed by atoms with Crippen LogP contribution in [-0.4, -0.2) is 65.2 Å². The summed E-state index contributed by atoms with van der Waals surface area (Å²) in [5, 5.41) is 9.04. The molecule has 7 nitrogen and oxygen atoms in total. The fraction of sp³-hybridized carbons (Fsp3) is 0.462. The minimum absolute atomic E-state index is 0.0764. The number of sulfonamides is 1. The SMILES string of the molecule is CNS(=O)(=O)c1ccccc1N(CCN(C)C)CC(=O)O. The topological polar surface area (TPSA) is 90.0 Å². The maximum Gasteiger partial charge on any atom is 0.323 e. The largest absolute Gasteiger partial charge is 0.480 e. The Hall–Kier alpha value is -1.64. The van der Waals surface area contributed by atoms with Crippen molar-refractivity contribution < 1.29 is 18.3 Å². The molecule has 0 amide bonds. The highest BCUT2D eigenvalue weighted by Gasteiger charge is 2.21. The van der Waals surface area contributed by atoms with E-state index in [2.05, 4.69) is 4.72 Å². The third-order valence-corrected chi connectivity index (χ3v) is 4.37. The zero-order chi connectivity index (χ0) is 16.0. The average molecular weight is 315 g/mol. The summed E-state index contributed by atoms with van der Waals surface area (Å²) in [5.74, 6) is -1.01. The molecule has 0 aliphatic carbocycles. The van der Waals surface area contributed by atoms with Crippen LogP contribution in [0.25, 0.3) is 0 Å². The molecule has 0 aliphatic rings. The van der Waals surface area contributed by atoms with Crippen molar-refractivity contribution in [2.24, 2.45) is 0 Å². The molecule has 0 spiro atoms. The van der Waals surface area contributed by atoms with E-state index in [1.807, 2.05) is 19.0 Å². The number of rotatable bonds is 8. The average Bonchev–Trinajstić information content (AvgIpc) is 2.43. The Morgan fingerprint density at radius 1 is 1.24 bits per heavy atom. The number of carboxylic acids is 1. The first-order chi connectivity index (χ1) is 9.77. The molecular weight excluding hydrogens is 294 g/mol. The van der Waals surface area contributed by atoms with E-state index in [1.165, 1.54) is 13.1 Å². The number of likely N-dealkylation sites (N-methyl/N-ethyl adjacent to an activating group) is 1. The summed E-state index contributed by atoms with van der Waals surface area (Å²) in [6.07, 6.45) is 0. The zero-order valence-corrected chi connectivity index (χ0v) is 13.2. The van der Waals surface area contributed by atoms with E-state index in [4.69, 9.17) is 5.11 Å². The Bertz CT molecular complexity index is 587. The van der Waals surface area contributed by atoms with Crippen molar-refractivity contribution in [1.82, 2.24) is 9.62 Å². The lowest BCUT2D eigenvalue weighted by molar-refractivity contribution is -0.135. The first kappa shape index (κ1) is 17.4. The number of benzene rings is 1. The van der Waals surface area contributed by atoms with Crippen molar-refractivity contribution in [2.45, 2.75) is 4.90 Å². The molecule has 21 heavy (non-hydrogen) atoms. The Kier molecular flexibility index (Phi) is 6.13. The van der Waals surface area contributed by atoms with Gasteiger partial charge in [-0.15, -0.1) is 0 Å². The second-order valence-electron chi connectivity index (χ2n) is 4.79. The molecule has 0 unspecified atom stereocenters. The number of carbonyl (C=O) groups is 1. The Balaban J connectivity index is 3.21. The molecule has 0 radical (unpaired) electrons. The van der Waals surface area contributed by atoms with Gasteiger partial charge >= 0.3 is 5.97 Å². The van der Waals surface area contributed by atoms with Crippen molar-refractivity contribution in [3.63, 3.8) is 0 Å². The molecule has 2 N–H and O–H groups in total. The van der Waals surface area contributed by atoms with Crippen molar-refractivity contribution in [3.05, 3.63) is 24.3 Å². The lowest BCUT2D eigenvalue weighted by Gasteiger charge is -2.26. The molecule has 0 saturated carbocycles. The van der Waals surface area contributed by atoms with E-state index < -0.39 is 16.0 Å². The predicted octanol–water partition coefficient (Wildman–Crippen LogP) is 0.0473. The van der Waals surface area contributed by atoms with Crippen LogP contribution in [0, 0.1) is 0 Å². The Morgan fingerprint density at radius 3 is 2.38 bits per heavy atom. The number of nitrogens with zero attached hydrogens (tertiary/aromatic N) is 2. The van der Waals surface area contributed by atoms with Gasteiger partial charge in [0, 0.05) is 13.1 Å². The number of hydrogen-bond acceptors (Lipinski definition) is 5. The molecule has 0 atom stereocenters. The van der Waals surface area contributed by atoms with E-state index in [1.54, 1.807) is 23.1 Å². The summed E-state index contributed by atoms with van der Waals surface area (Å²) in [5.41, 5.74) is 0.385. The number of anilines is 1.